The van der Waals surface area contributed by atoms with Crippen molar-refractivity contribution in [2.45, 2.75) is 124 Å². The normalized spacial score (nSPS) is 16.1. The highest BCUT2D eigenvalue weighted by atomic mass is 32.2. The average Bonchev–Trinajstić information content (AvgIpc) is 1.30. The summed E-state index contributed by atoms with van der Waals surface area (Å²) in [6.45, 7) is 2.10. The Morgan fingerprint density at radius 1 is 0.404 bits per heavy atom. The summed E-state index contributed by atoms with van der Waals surface area (Å²) in [7, 11) is 0.118. The van der Waals surface area contributed by atoms with Gasteiger partial charge in [-0.25, -0.2) is 12.7 Å². The third kappa shape index (κ3) is 12.9. The molecule has 1 N–H and O–H groups in total. The molecule has 27 nitrogen and oxygen atoms in total. The fourth-order valence-electron chi connectivity index (χ4n) is 15.0. The van der Waals surface area contributed by atoms with Crippen molar-refractivity contribution >= 4 is 86.0 Å². The first-order valence-electron chi connectivity index (χ1n) is 37.2. The molecule has 0 amide bonds. The van der Waals surface area contributed by atoms with E-state index in [4.69, 9.17) is 15.2 Å². The van der Waals surface area contributed by atoms with E-state index in [0.29, 0.717) is 98.8 Å². The number of nitrogens with zero attached hydrogens (tertiary/aromatic N) is 19. The summed E-state index contributed by atoms with van der Waals surface area (Å²) >= 11 is 0. The van der Waals surface area contributed by atoms with E-state index in [1.54, 1.807) is 61.5 Å². The van der Waals surface area contributed by atoms with Crippen molar-refractivity contribution in [1.29, 1.82) is 0 Å². The molecule has 0 aliphatic heterocycles. The lowest BCUT2D eigenvalue weighted by molar-refractivity contribution is 0.483. The number of aromatic nitrogens is 18. The fourth-order valence-corrected chi connectivity index (χ4v) is 16.7. The molecule has 29 heteroatoms. The lowest BCUT2D eigenvalue weighted by Crippen LogP contribution is -2.25. The third-order valence-electron chi connectivity index (χ3n) is 21.8. The van der Waals surface area contributed by atoms with Crippen LogP contribution in [0.25, 0.3) is 116 Å². The van der Waals surface area contributed by atoms with Gasteiger partial charge in [0, 0.05) is 178 Å². The number of aryl methyl sites for hydroxylation is 3. The van der Waals surface area contributed by atoms with Gasteiger partial charge in [-0.05, 0) is 174 Å². The van der Waals surface area contributed by atoms with Gasteiger partial charge in [-0.15, -0.1) is 0 Å². The van der Waals surface area contributed by atoms with Crippen LogP contribution in [-0.4, -0.2) is 127 Å². The first kappa shape index (κ1) is 68.2. The molecule has 552 valence electrons. The van der Waals surface area contributed by atoms with E-state index in [9.17, 15) is 35.8 Å². The summed E-state index contributed by atoms with van der Waals surface area (Å²) in [5.74, 6) is 3.06. The minimum absolute atomic E-state index is 0.0512. The first-order chi connectivity index (χ1) is 52.6. The Morgan fingerprint density at radius 3 is 1.11 bits per heavy atom. The van der Waals surface area contributed by atoms with Crippen LogP contribution in [0.15, 0.2) is 177 Å². The average molecular weight is 1500 g/mol. The van der Waals surface area contributed by atoms with Crippen LogP contribution in [0.1, 0.15) is 112 Å². The standard InChI is InChI=1S/C28H29N7O3S.C26H24N6O4S.C26H24N6O/c1-32(2)39(37,38)24-16-34(14-17-4-5-17)27-25(19-8-10-22(29-13-19)18-6-7-18)28(36)35(31-26(24)27)21-9-11-23-20(12-21)15-33(3)30-23;1-30-13-18-10-19(7-9-21(18)28-30)32-26(33)23(17-6-8-20(27-11-17)16-4-5-16)25-24(29-32)22(37(34,35)36)14-31(25)12-15-2-3-15;1-30-15-19-12-20(7-9-22(19)28-30)32-26(33)24(18-6-8-21(27-13-18)17-4-5-17)25-23(29-32)10-11-31(25)14-16-2-3-16/h8-13,15-18H,4-7,14H2,1-3H3;6-11,13-16H,2-5,12H2,1H3,(H,34,35,36);6-13,15-17H,2-5,14H2,1H3. The van der Waals surface area contributed by atoms with E-state index in [0.717, 1.165) is 130 Å². The molecule has 6 aliphatic carbocycles. The predicted octanol–water partition coefficient (Wildman–Crippen LogP) is 11.8. The largest absolute Gasteiger partial charge is 0.345 e. The van der Waals surface area contributed by atoms with Gasteiger partial charge in [0.1, 0.15) is 26.3 Å². The molecule has 0 saturated heterocycles. The van der Waals surface area contributed by atoms with E-state index < -0.39 is 25.7 Å². The zero-order valence-corrected chi connectivity index (χ0v) is 62.3. The molecule has 6 fully saturated rings. The van der Waals surface area contributed by atoms with Crippen molar-refractivity contribution in [3.05, 3.63) is 201 Å². The van der Waals surface area contributed by atoms with E-state index in [1.807, 2.05) is 111 Å². The van der Waals surface area contributed by atoms with Crippen LogP contribution >= 0.6 is 0 Å². The van der Waals surface area contributed by atoms with Gasteiger partial charge in [-0.2, -0.15) is 53.1 Å². The van der Waals surface area contributed by atoms with Gasteiger partial charge in [-0.3, -0.25) is 47.9 Å². The molecule has 6 aliphatic rings. The molecule has 0 spiro atoms. The van der Waals surface area contributed by atoms with Crippen LogP contribution in [0.5, 0.6) is 0 Å². The zero-order valence-electron chi connectivity index (χ0n) is 60.6. The Morgan fingerprint density at radius 2 is 0.761 bits per heavy atom. The maximum absolute atomic E-state index is 14.3. The number of sulfonamides is 1. The number of pyridine rings is 3. The van der Waals surface area contributed by atoms with Gasteiger partial charge in [0.05, 0.1) is 66.9 Å². The van der Waals surface area contributed by atoms with Crippen molar-refractivity contribution in [3.63, 3.8) is 0 Å². The van der Waals surface area contributed by atoms with Crippen LogP contribution in [-0.2, 0) is 60.9 Å². The highest BCUT2D eigenvalue weighted by Crippen LogP contribution is 2.44. The van der Waals surface area contributed by atoms with E-state index in [1.165, 1.54) is 64.3 Å². The van der Waals surface area contributed by atoms with Crippen molar-refractivity contribution in [2.75, 3.05) is 14.1 Å². The summed E-state index contributed by atoms with van der Waals surface area (Å²) < 4.78 is 78.3. The summed E-state index contributed by atoms with van der Waals surface area (Å²) in [5, 5.41) is 29.9. The topological polar surface area (TPSA) is 303 Å². The quantitative estimate of drug-likeness (QED) is 0.0780. The summed E-state index contributed by atoms with van der Waals surface area (Å²) in [6.07, 6.45) is 29.7. The van der Waals surface area contributed by atoms with Crippen molar-refractivity contribution in [2.24, 2.45) is 38.9 Å². The molecule has 109 heavy (non-hydrogen) atoms. The van der Waals surface area contributed by atoms with Gasteiger partial charge in [0.15, 0.2) is 0 Å². The summed E-state index contributed by atoms with van der Waals surface area (Å²) in [4.78, 5) is 56.1. The van der Waals surface area contributed by atoms with Crippen LogP contribution in [0.3, 0.4) is 0 Å². The highest BCUT2D eigenvalue weighted by molar-refractivity contribution is 7.89. The van der Waals surface area contributed by atoms with Crippen LogP contribution in [0, 0.1) is 17.8 Å². The molecule has 0 unspecified atom stereocenters. The molecule has 6 saturated carbocycles. The molecule has 12 heterocycles. The Balaban J connectivity index is 0.000000111. The SMILES string of the molecule is CN(C)S(=O)(=O)c1cn(CC2CC2)c2c(-c3ccc(C4CC4)nc3)c(=O)n(-c3ccc4nn(C)cc4c3)nc12.Cn1cc2cc(-n3nc4c(S(=O)(=O)O)cn(CC5CC5)c4c(-c4ccc(C5CC5)nc4)c3=O)ccc2n1.Cn1cc2cc(-n3nc4ccn(CC5CC5)c4c(-c4ccc(C5CC5)nc4)c3=O)ccc2n1. The van der Waals surface area contributed by atoms with Gasteiger partial charge < -0.3 is 13.7 Å². The lowest BCUT2D eigenvalue weighted by Gasteiger charge is -2.13. The Bertz CT molecular complexity index is 6660. The molecule has 15 aromatic rings. The van der Waals surface area contributed by atoms with Crippen molar-refractivity contribution < 1.29 is 21.4 Å². The predicted molar refractivity (Wildman–Crippen MR) is 413 cm³/mol. The first-order valence-corrected chi connectivity index (χ1v) is 40.0. The Kier molecular flexibility index (Phi) is 16.2. The number of benzene rings is 3. The van der Waals surface area contributed by atoms with Crippen LogP contribution in [0.2, 0.25) is 0 Å². The number of rotatable bonds is 18. The minimum atomic E-state index is -4.60. The van der Waals surface area contributed by atoms with E-state index in [2.05, 4.69) is 53.3 Å². The van der Waals surface area contributed by atoms with Crippen LogP contribution < -0.4 is 16.7 Å². The molecular weight excluding hydrogens is 1420 g/mol. The number of fused-ring (bicyclic) bond motifs is 6. The van der Waals surface area contributed by atoms with Crippen molar-refractivity contribution in [1.82, 2.24) is 91.6 Å². The second kappa shape index (κ2) is 25.9. The molecule has 12 aromatic heterocycles. The third-order valence-corrected chi connectivity index (χ3v) is 24.4. The highest BCUT2D eigenvalue weighted by Gasteiger charge is 2.35. The second-order valence-corrected chi connectivity index (χ2v) is 34.1. The second-order valence-electron chi connectivity index (χ2n) is 30.6. The lowest BCUT2D eigenvalue weighted by atomic mass is 10.1. The maximum Gasteiger partial charge on any atom is 0.298 e. The number of hydrogen-bond acceptors (Lipinski definition) is 16. The van der Waals surface area contributed by atoms with Gasteiger partial charge in [0.25, 0.3) is 26.8 Å². The van der Waals surface area contributed by atoms with Gasteiger partial charge in [-0.1, -0.05) is 18.2 Å². The Labute approximate surface area is 624 Å². The Hall–Kier alpha value is -11.4. The van der Waals surface area contributed by atoms with E-state index in [-0.39, 0.29) is 31.9 Å². The summed E-state index contributed by atoms with van der Waals surface area (Å²) in [6, 6.07) is 30.5. The fraction of sp³-hybridized carbons (Fsp3) is 0.325. The van der Waals surface area contributed by atoms with Crippen molar-refractivity contribution in [3.8, 4) is 50.4 Å². The van der Waals surface area contributed by atoms with E-state index >= 15 is 0 Å². The van der Waals surface area contributed by atoms with Gasteiger partial charge >= 0.3 is 0 Å². The minimum Gasteiger partial charge on any atom is -0.345 e. The monoisotopic (exact) mass is 1500 g/mol. The van der Waals surface area contributed by atoms with Crippen LogP contribution in [0.4, 0.5) is 0 Å². The van der Waals surface area contributed by atoms with Gasteiger partial charge in [0.2, 0.25) is 10.0 Å². The number of hydrogen-bond donors (Lipinski definition) is 1. The molecule has 0 atom stereocenters. The smallest absolute Gasteiger partial charge is 0.298 e. The zero-order chi connectivity index (χ0) is 74.6. The summed E-state index contributed by atoms with van der Waals surface area (Å²) in [5.41, 5.74) is 12.9. The molecule has 21 rings (SSSR count). The molecule has 3 aromatic carbocycles. The molecule has 0 radical (unpaired) electrons. The molecular formula is C80H77N19O8S2. The molecule has 0 bridgehead atoms. The maximum atomic E-state index is 14.3.